The summed E-state index contributed by atoms with van der Waals surface area (Å²) in [7, 11) is 0. The first-order valence-electron chi connectivity index (χ1n) is 5.02. The summed E-state index contributed by atoms with van der Waals surface area (Å²) in [5.41, 5.74) is 0.767. The molecule has 2 unspecified atom stereocenters. The monoisotopic (exact) mass is 165 g/mol. The van der Waals surface area contributed by atoms with E-state index in [1.54, 1.807) is 0 Å². The average molecular weight is 165 g/mol. The molecular weight excluding hydrogens is 150 g/mol. The third-order valence-electron chi connectivity index (χ3n) is 4.60. The van der Waals surface area contributed by atoms with Gasteiger partial charge in [0.1, 0.15) is 0 Å². The summed E-state index contributed by atoms with van der Waals surface area (Å²) in [4.78, 5) is 10.2. The zero-order chi connectivity index (χ0) is 8.51. The van der Waals surface area contributed by atoms with E-state index in [1.807, 2.05) is 0 Å². The molecule has 3 aliphatic carbocycles. The summed E-state index contributed by atoms with van der Waals surface area (Å²) in [6.07, 6.45) is 1.47. The van der Waals surface area contributed by atoms with Crippen LogP contribution in [0.15, 0.2) is 5.18 Å². The molecule has 1 spiro atoms. The lowest BCUT2D eigenvalue weighted by atomic mass is 9.60. The van der Waals surface area contributed by atoms with E-state index in [-0.39, 0.29) is 0 Å². The lowest BCUT2D eigenvalue weighted by Gasteiger charge is -2.44. The first kappa shape index (κ1) is 7.05. The highest BCUT2D eigenvalue weighted by Gasteiger charge is 2.91. The molecule has 0 heterocycles. The van der Waals surface area contributed by atoms with E-state index < -0.39 is 0 Å². The Kier molecular flexibility index (Phi) is 1.03. The van der Waals surface area contributed by atoms with Gasteiger partial charge in [-0.05, 0) is 41.4 Å². The molecule has 0 aliphatic heterocycles. The molecule has 0 aromatic rings. The van der Waals surface area contributed by atoms with Crippen molar-refractivity contribution in [3.8, 4) is 0 Å². The van der Waals surface area contributed by atoms with Gasteiger partial charge in [-0.15, -0.1) is 0 Å². The summed E-state index contributed by atoms with van der Waals surface area (Å²) in [5.74, 6) is 4.23. The fourth-order valence-electron chi connectivity index (χ4n) is 4.23. The number of hydrogen-bond acceptors (Lipinski definition) is 2. The topological polar surface area (TPSA) is 29.4 Å². The molecule has 66 valence electrons. The third-order valence-corrected chi connectivity index (χ3v) is 4.60. The van der Waals surface area contributed by atoms with Gasteiger partial charge in [0.2, 0.25) is 0 Å². The predicted octanol–water partition coefficient (Wildman–Crippen LogP) is 2.29. The van der Waals surface area contributed by atoms with Crippen LogP contribution in [0.2, 0.25) is 0 Å². The lowest BCUT2D eigenvalue weighted by molar-refractivity contribution is 0.0326. The van der Waals surface area contributed by atoms with E-state index in [1.165, 1.54) is 6.42 Å². The summed E-state index contributed by atoms with van der Waals surface area (Å²) in [5, 5.41) is 3.07. The predicted molar refractivity (Wildman–Crippen MR) is 46.5 cm³/mol. The molecule has 0 aromatic carbocycles. The molecule has 3 saturated carbocycles. The fourth-order valence-corrected chi connectivity index (χ4v) is 4.23. The Morgan fingerprint density at radius 3 is 2.83 bits per heavy atom. The van der Waals surface area contributed by atoms with Crippen LogP contribution in [-0.4, -0.2) is 6.54 Å². The summed E-state index contributed by atoms with van der Waals surface area (Å²) in [6.45, 7) is 5.17. The Bertz CT molecular complexity index is 250. The van der Waals surface area contributed by atoms with Crippen molar-refractivity contribution < 1.29 is 0 Å². The smallest absolute Gasteiger partial charge is 0.0845 e. The van der Waals surface area contributed by atoms with Gasteiger partial charge < -0.3 is 0 Å². The normalized spacial score (nSPS) is 58.6. The largest absolute Gasteiger partial charge is 0.151 e. The van der Waals surface area contributed by atoms with E-state index >= 15 is 0 Å². The van der Waals surface area contributed by atoms with Crippen molar-refractivity contribution in [2.45, 2.75) is 20.3 Å². The molecule has 0 saturated heterocycles. The number of rotatable bonds is 3. The Morgan fingerprint density at radius 1 is 1.58 bits per heavy atom. The van der Waals surface area contributed by atoms with Crippen LogP contribution in [0, 0.1) is 39.9 Å². The molecule has 3 rings (SSSR count). The van der Waals surface area contributed by atoms with Gasteiger partial charge in [-0.1, -0.05) is 19.0 Å². The second-order valence-corrected chi connectivity index (χ2v) is 5.19. The maximum atomic E-state index is 10.2. The average Bonchev–Trinajstić information content (AvgIpc) is 2.74. The molecule has 5 atom stereocenters. The van der Waals surface area contributed by atoms with Crippen molar-refractivity contribution >= 4 is 0 Å². The van der Waals surface area contributed by atoms with Crippen molar-refractivity contribution in [2.24, 2.45) is 40.2 Å². The standard InChI is InChI=1S/C10H15NO/c1-5(2)8-6(4-11-12)9-7-3-10(7,8)9/h5-9H,3-4H2,1-2H3/t6-,7-,8?,9+,10?/m1/s1. The van der Waals surface area contributed by atoms with Crippen LogP contribution in [0.1, 0.15) is 20.3 Å². The summed E-state index contributed by atoms with van der Waals surface area (Å²) >= 11 is 0. The summed E-state index contributed by atoms with van der Waals surface area (Å²) in [6, 6.07) is 0. The van der Waals surface area contributed by atoms with Crippen LogP contribution < -0.4 is 0 Å². The lowest BCUT2D eigenvalue weighted by Crippen LogP contribution is -2.42. The Balaban J connectivity index is 1.77. The molecule has 0 amide bonds. The molecule has 12 heavy (non-hydrogen) atoms. The Morgan fingerprint density at radius 2 is 2.33 bits per heavy atom. The minimum atomic E-state index is 0.589. The SMILES string of the molecule is CC(C)C1[C@@H](CN=O)[C@H]2[C@H]3CC123. The molecule has 3 fully saturated rings. The van der Waals surface area contributed by atoms with Gasteiger partial charge in [0.25, 0.3) is 0 Å². The van der Waals surface area contributed by atoms with Crippen LogP contribution >= 0.6 is 0 Å². The zero-order valence-electron chi connectivity index (χ0n) is 7.66. The summed E-state index contributed by atoms with van der Waals surface area (Å²) < 4.78 is 0. The van der Waals surface area contributed by atoms with Gasteiger partial charge in [0.15, 0.2) is 0 Å². The number of hydrogen-bond donors (Lipinski definition) is 0. The van der Waals surface area contributed by atoms with Gasteiger partial charge in [-0.2, -0.15) is 4.91 Å². The second kappa shape index (κ2) is 1.75. The van der Waals surface area contributed by atoms with Gasteiger partial charge in [-0.25, -0.2) is 0 Å². The van der Waals surface area contributed by atoms with Crippen molar-refractivity contribution in [1.82, 2.24) is 0 Å². The minimum Gasteiger partial charge on any atom is -0.151 e. The van der Waals surface area contributed by atoms with Gasteiger partial charge in [0.05, 0.1) is 6.54 Å². The number of fused-ring (bicyclic) bond motifs is 1. The van der Waals surface area contributed by atoms with Crippen molar-refractivity contribution in [3.63, 3.8) is 0 Å². The maximum absolute atomic E-state index is 10.2. The van der Waals surface area contributed by atoms with Gasteiger partial charge >= 0.3 is 0 Å². The first-order valence-corrected chi connectivity index (χ1v) is 5.02. The van der Waals surface area contributed by atoms with Crippen molar-refractivity contribution in [2.75, 3.05) is 6.54 Å². The highest BCUT2D eigenvalue weighted by atomic mass is 16.3. The molecule has 0 bridgehead atoms. The van der Waals surface area contributed by atoms with E-state index in [4.69, 9.17) is 0 Å². The molecule has 2 heteroatoms. The fraction of sp³-hybridized carbons (Fsp3) is 1.00. The molecule has 3 aliphatic rings. The van der Waals surface area contributed by atoms with Crippen LogP contribution in [-0.2, 0) is 0 Å². The second-order valence-electron chi connectivity index (χ2n) is 5.19. The van der Waals surface area contributed by atoms with Crippen molar-refractivity contribution in [3.05, 3.63) is 4.91 Å². The Labute approximate surface area is 72.7 Å². The highest BCUT2D eigenvalue weighted by molar-refractivity contribution is 5.38. The zero-order valence-corrected chi connectivity index (χ0v) is 7.66. The number of nitroso groups, excluding NO2 is 1. The van der Waals surface area contributed by atoms with Crippen LogP contribution in [0.3, 0.4) is 0 Å². The molecular formula is C10H15NO. The molecule has 0 N–H and O–H groups in total. The van der Waals surface area contributed by atoms with E-state index in [9.17, 15) is 4.91 Å². The van der Waals surface area contributed by atoms with E-state index in [2.05, 4.69) is 19.0 Å². The van der Waals surface area contributed by atoms with Crippen LogP contribution in [0.25, 0.3) is 0 Å². The molecule has 0 aromatic heterocycles. The minimum absolute atomic E-state index is 0.589. The van der Waals surface area contributed by atoms with E-state index in [0.29, 0.717) is 12.5 Å². The van der Waals surface area contributed by atoms with E-state index in [0.717, 1.165) is 29.1 Å². The number of nitrogens with zero attached hydrogens (tertiary/aromatic N) is 1. The third kappa shape index (κ3) is 0.502. The van der Waals surface area contributed by atoms with Crippen LogP contribution in [0.4, 0.5) is 0 Å². The molecule has 0 radical (unpaired) electrons. The molecule has 2 nitrogen and oxygen atoms in total. The Hall–Kier alpha value is -0.400. The van der Waals surface area contributed by atoms with Gasteiger partial charge in [-0.3, -0.25) is 0 Å². The van der Waals surface area contributed by atoms with Gasteiger partial charge in [0, 0.05) is 0 Å². The first-order chi connectivity index (χ1) is 5.73. The van der Waals surface area contributed by atoms with Crippen molar-refractivity contribution in [1.29, 1.82) is 0 Å². The highest BCUT2D eigenvalue weighted by Crippen LogP contribution is 2.94. The quantitative estimate of drug-likeness (QED) is 0.590. The maximum Gasteiger partial charge on any atom is 0.0845 e. The van der Waals surface area contributed by atoms with Crippen LogP contribution in [0.5, 0.6) is 0 Å².